The van der Waals surface area contributed by atoms with Crippen molar-refractivity contribution in [3.8, 4) is 0 Å². The molecule has 124 valence electrons. The Bertz CT molecular complexity index is 559. The summed E-state index contributed by atoms with van der Waals surface area (Å²) in [5, 5.41) is 15.6. The van der Waals surface area contributed by atoms with Crippen LogP contribution in [0.4, 0.5) is 0 Å². The van der Waals surface area contributed by atoms with Crippen molar-refractivity contribution < 1.29 is 19.8 Å². The summed E-state index contributed by atoms with van der Waals surface area (Å²) in [4.78, 5) is 26.1. The van der Waals surface area contributed by atoms with Crippen LogP contribution < -0.4 is 0 Å². The molecule has 1 aromatic rings. The van der Waals surface area contributed by atoms with Gasteiger partial charge in [0.2, 0.25) is 0 Å². The van der Waals surface area contributed by atoms with Gasteiger partial charge in [-0.3, -0.25) is 4.98 Å². The first kappa shape index (κ1) is 17.1. The van der Waals surface area contributed by atoms with Crippen LogP contribution in [0, 0.1) is 5.92 Å². The molecule has 0 amide bonds. The Morgan fingerprint density at radius 2 is 1.96 bits per heavy atom. The number of carbonyl (C=O) groups is 2. The average molecular weight is 318 g/mol. The molecular weight excluding hydrogens is 296 g/mol. The molecule has 0 radical (unpaired) electrons. The van der Waals surface area contributed by atoms with Crippen LogP contribution in [-0.4, -0.2) is 51.7 Å². The largest absolute Gasteiger partial charge is 0.478 e. The van der Waals surface area contributed by atoms with Crippen molar-refractivity contribution in [2.24, 2.45) is 5.92 Å². The van der Waals surface area contributed by atoms with E-state index in [9.17, 15) is 9.59 Å². The lowest BCUT2D eigenvalue weighted by Crippen LogP contribution is -2.32. The first-order valence-electron chi connectivity index (χ1n) is 7.74. The fraction of sp³-hybridized carbons (Fsp3) is 0.471. The van der Waals surface area contributed by atoms with Crippen molar-refractivity contribution in [1.82, 2.24) is 9.88 Å². The maximum Gasteiger partial charge on any atom is 0.328 e. The van der Waals surface area contributed by atoms with Gasteiger partial charge in [-0.25, -0.2) is 9.59 Å². The number of nitrogens with zero attached hydrogens (tertiary/aromatic N) is 2. The summed E-state index contributed by atoms with van der Waals surface area (Å²) in [6, 6.07) is 5.12. The Kier molecular flexibility index (Phi) is 5.87. The zero-order chi connectivity index (χ0) is 16.8. The number of fused-ring (bicyclic) bond motifs is 1. The van der Waals surface area contributed by atoms with Crippen LogP contribution in [0.2, 0.25) is 0 Å². The van der Waals surface area contributed by atoms with Crippen LogP contribution in [0.3, 0.4) is 0 Å². The molecule has 0 saturated carbocycles. The highest BCUT2D eigenvalue weighted by molar-refractivity contribution is 5.89. The van der Waals surface area contributed by atoms with Gasteiger partial charge in [-0.1, -0.05) is 6.07 Å². The Morgan fingerprint density at radius 3 is 2.48 bits per heavy atom. The quantitative estimate of drug-likeness (QED) is 0.823. The molecule has 6 nitrogen and oxygen atoms in total. The van der Waals surface area contributed by atoms with E-state index in [1.54, 1.807) is 0 Å². The van der Waals surface area contributed by atoms with Gasteiger partial charge in [0, 0.05) is 30.1 Å². The number of hydrogen-bond donors (Lipinski definition) is 2. The number of aromatic nitrogens is 1. The van der Waals surface area contributed by atoms with E-state index < -0.39 is 11.9 Å². The van der Waals surface area contributed by atoms with Gasteiger partial charge < -0.3 is 15.1 Å². The summed E-state index contributed by atoms with van der Waals surface area (Å²) in [6.45, 7) is 1.28. The molecule has 2 N–H and O–H groups in total. The second kappa shape index (κ2) is 7.87. The molecule has 2 atom stereocenters. The number of carboxylic acids is 2. The highest BCUT2D eigenvalue weighted by atomic mass is 16.4. The summed E-state index contributed by atoms with van der Waals surface area (Å²) in [5.74, 6) is -1.69. The fourth-order valence-corrected chi connectivity index (χ4v) is 3.39. The number of likely N-dealkylation sites (tertiary alicyclic amines) is 1. The van der Waals surface area contributed by atoms with Crippen LogP contribution in [-0.2, 0) is 22.4 Å². The van der Waals surface area contributed by atoms with Crippen molar-refractivity contribution >= 4 is 11.9 Å². The SMILES string of the molecule is CN1CCCC1C1Cc2cccnc2C1.O=C(O)/C=C/C(=O)O. The molecule has 2 heterocycles. The van der Waals surface area contributed by atoms with E-state index in [-0.39, 0.29) is 0 Å². The second-order valence-corrected chi connectivity index (χ2v) is 5.98. The number of pyridine rings is 1. The molecule has 23 heavy (non-hydrogen) atoms. The fourth-order valence-electron chi connectivity index (χ4n) is 3.39. The maximum absolute atomic E-state index is 9.55. The van der Waals surface area contributed by atoms with Crippen molar-refractivity contribution in [3.05, 3.63) is 41.7 Å². The second-order valence-electron chi connectivity index (χ2n) is 5.98. The lowest BCUT2D eigenvalue weighted by molar-refractivity contribution is -0.134. The highest BCUT2D eigenvalue weighted by Crippen LogP contribution is 2.33. The molecule has 1 aliphatic heterocycles. The Balaban J connectivity index is 0.000000207. The maximum atomic E-state index is 9.55. The third-order valence-electron chi connectivity index (χ3n) is 4.41. The van der Waals surface area contributed by atoms with E-state index in [0.29, 0.717) is 12.2 Å². The summed E-state index contributed by atoms with van der Waals surface area (Å²) < 4.78 is 0. The van der Waals surface area contributed by atoms with Gasteiger partial charge in [0.25, 0.3) is 0 Å². The van der Waals surface area contributed by atoms with E-state index in [0.717, 1.165) is 12.0 Å². The van der Waals surface area contributed by atoms with Gasteiger partial charge in [-0.2, -0.15) is 0 Å². The van der Waals surface area contributed by atoms with Gasteiger partial charge in [0.15, 0.2) is 0 Å². The molecule has 1 saturated heterocycles. The van der Waals surface area contributed by atoms with Crippen LogP contribution >= 0.6 is 0 Å². The van der Waals surface area contributed by atoms with Gasteiger partial charge in [-0.15, -0.1) is 0 Å². The van der Waals surface area contributed by atoms with Crippen LogP contribution in [0.1, 0.15) is 24.1 Å². The Labute approximate surface area is 135 Å². The molecule has 1 aliphatic carbocycles. The van der Waals surface area contributed by atoms with E-state index in [1.807, 2.05) is 6.20 Å². The molecule has 2 aliphatic rings. The Hall–Kier alpha value is -2.21. The minimum atomic E-state index is -1.26. The number of hydrogen-bond acceptors (Lipinski definition) is 4. The third kappa shape index (κ3) is 4.89. The van der Waals surface area contributed by atoms with Crippen molar-refractivity contribution in [1.29, 1.82) is 0 Å². The first-order chi connectivity index (χ1) is 11.0. The molecule has 2 unspecified atom stereocenters. The van der Waals surface area contributed by atoms with Gasteiger partial charge in [-0.05, 0) is 56.8 Å². The first-order valence-corrected chi connectivity index (χ1v) is 7.74. The normalized spacial score (nSPS) is 23.3. The van der Waals surface area contributed by atoms with E-state index in [1.165, 1.54) is 43.5 Å². The topological polar surface area (TPSA) is 90.7 Å². The van der Waals surface area contributed by atoms with Gasteiger partial charge in [0.05, 0.1) is 0 Å². The van der Waals surface area contributed by atoms with E-state index in [4.69, 9.17) is 10.2 Å². The Morgan fingerprint density at radius 1 is 1.26 bits per heavy atom. The van der Waals surface area contributed by atoms with Crippen LogP contribution in [0.5, 0.6) is 0 Å². The molecule has 1 fully saturated rings. The average Bonchev–Trinajstić information content (AvgIpc) is 3.11. The highest BCUT2D eigenvalue weighted by Gasteiger charge is 2.33. The summed E-state index contributed by atoms with van der Waals surface area (Å²) >= 11 is 0. The molecule has 3 rings (SSSR count). The molecule has 1 aromatic heterocycles. The third-order valence-corrected chi connectivity index (χ3v) is 4.41. The monoisotopic (exact) mass is 318 g/mol. The predicted molar refractivity (Wildman–Crippen MR) is 85.2 cm³/mol. The van der Waals surface area contributed by atoms with Crippen molar-refractivity contribution in [2.45, 2.75) is 31.7 Å². The van der Waals surface area contributed by atoms with Crippen LogP contribution in [0.25, 0.3) is 0 Å². The molecule has 0 bridgehead atoms. The molecule has 0 aromatic carbocycles. The number of rotatable bonds is 3. The molecule has 0 spiro atoms. The van der Waals surface area contributed by atoms with Crippen LogP contribution in [0.15, 0.2) is 30.5 Å². The lowest BCUT2D eigenvalue weighted by atomic mass is 9.95. The minimum Gasteiger partial charge on any atom is -0.478 e. The van der Waals surface area contributed by atoms with Gasteiger partial charge in [0.1, 0.15) is 0 Å². The number of carboxylic acid groups (broad SMARTS) is 2. The summed E-state index contributed by atoms with van der Waals surface area (Å²) in [7, 11) is 2.27. The smallest absolute Gasteiger partial charge is 0.328 e. The zero-order valence-corrected chi connectivity index (χ0v) is 13.2. The minimum absolute atomic E-state index is 0.558. The van der Waals surface area contributed by atoms with E-state index in [2.05, 4.69) is 29.1 Å². The van der Waals surface area contributed by atoms with E-state index >= 15 is 0 Å². The lowest BCUT2D eigenvalue weighted by Gasteiger charge is -2.25. The van der Waals surface area contributed by atoms with Gasteiger partial charge >= 0.3 is 11.9 Å². The molecular formula is C17H22N2O4. The van der Waals surface area contributed by atoms with Crippen molar-refractivity contribution in [2.75, 3.05) is 13.6 Å². The summed E-state index contributed by atoms with van der Waals surface area (Å²) in [5.41, 5.74) is 2.84. The summed E-state index contributed by atoms with van der Waals surface area (Å²) in [6.07, 6.45) is 8.25. The standard InChI is InChI=1S/C13H18N2.C4H4O4/c1-15-7-3-5-13(15)11-8-10-4-2-6-14-12(10)9-11;5-3(6)1-2-4(7)8/h2,4,6,11,13H,3,5,7-9H2,1H3;1-2H,(H,5,6)(H,7,8)/b;2-1+. The molecule has 6 heteroatoms. The predicted octanol–water partition coefficient (Wildman–Crippen LogP) is 1.60. The number of aliphatic carboxylic acids is 2. The van der Waals surface area contributed by atoms with Crippen molar-refractivity contribution in [3.63, 3.8) is 0 Å². The zero-order valence-electron chi connectivity index (χ0n) is 13.2.